The predicted octanol–water partition coefficient (Wildman–Crippen LogP) is 1.49. The van der Waals surface area contributed by atoms with Crippen LogP contribution in [0.4, 0.5) is 0 Å². The molecule has 0 spiro atoms. The number of alkyl halides is 1. The van der Waals surface area contributed by atoms with E-state index in [-0.39, 0.29) is 11.5 Å². The van der Waals surface area contributed by atoms with Gasteiger partial charge in [-0.15, -0.1) is 0 Å². The number of hydrogen-bond donors (Lipinski definition) is 0. The molecule has 50 valence electrons. The van der Waals surface area contributed by atoms with Gasteiger partial charge in [-0.05, 0) is 13.8 Å². The Morgan fingerprint density at radius 2 is 2.33 bits per heavy atom. The first-order valence-electron chi connectivity index (χ1n) is 2.92. The minimum absolute atomic E-state index is 0.135. The molecule has 0 N–H and O–H groups in total. The van der Waals surface area contributed by atoms with Crippen molar-refractivity contribution in [3.05, 3.63) is 0 Å². The quantitative estimate of drug-likeness (QED) is 0.364. The van der Waals surface area contributed by atoms with Gasteiger partial charge >= 0.3 is 0 Å². The van der Waals surface area contributed by atoms with Crippen LogP contribution in [-0.4, -0.2) is 23.5 Å². The molecular formula is C6H9ClN2. The fourth-order valence-electron chi connectivity index (χ4n) is 0.632. The van der Waals surface area contributed by atoms with Crippen LogP contribution >= 0.6 is 11.6 Å². The molecule has 1 aliphatic heterocycles. The molecule has 0 fully saturated rings. The molecule has 1 rings (SSSR count). The second-order valence-electron chi connectivity index (χ2n) is 2.16. The number of aliphatic imine (C=N–C) groups is 2. The summed E-state index contributed by atoms with van der Waals surface area (Å²) in [7, 11) is 0. The molecule has 0 aromatic carbocycles. The van der Waals surface area contributed by atoms with Gasteiger partial charge < -0.3 is 0 Å². The van der Waals surface area contributed by atoms with E-state index in [1.54, 1.807) is 6.21 Å². The lowest BCUT2D eigenvalue weighted by molar-refractivity contribution is 0.702. The summed E-state index contributed by atoms with van der Waals surface area (Å²) in [6, 6.07) is 0.135. The zero-order valence-corrected chi connectivity index (χ0v) is 6.26. The van der Waals surface area contributed by atoms with Crippen LogP contribution in [0.2, 0.25) is 0 Å². The fraction of sp³-hybridized carbons (Fsp3) is 0.667. The lowest BCUT2D eigenvalue weighted by Gasteiger charge is -2.13. The van der Waals surface area contributed by atoms with Crippen LogP contribution in [0.1, 0.15) is 13.8 Å². The zero-order valence-electron chi connectivity index (χ0n) is 5.50. The second kappa shape index (κ2) is 2.48. The average Bonchev–Trinajstić information content (AvgIpc) is 1.80. The van der Waals surface area contributed by atoms with Crippen molar-refractivity contribution in [3.63, 3.8) is 0 Å². The van der Waals surface area contributed by atoms with Crippen molar-refractivity contribution in [2.24, 2.45) is 9.98 Å². The summed E-state index contributed by atoms with van der Waals surface area (Å²) in [6.45, 7) is 3.84. The molecule has 0 saturated heterocycles. The van der Waals surface area contributed by atoms with Gasteiger partial charge in [0.25, 0.3) is 0 Å². The number of nitrogens with zero attached hydrogens (tertiary/aromatic N) is 2. The lowest BCUT2D eigenvalue weighted by atomic mass is 10.3. The molecule has 0 saturated carbocycles. The van der Waals surface area contributed by atoms with Gasteiger partial charge in [-0.25, -0.2) is 0 Å². The molecule has 0 aliphatic carbocycles. The molecule has 1 aliphatic rings. The molecule has 1 heterocycles. The standard InChI is InChI=1S/C6H9ClN2/c1-4-3-8-5(2)6(7)9-4/h3,5-6H,1-2H3. The minimum atomic E-state index is -0.157. The highest BCUT2D eigenvalue weighted by Gasteiger charge is 2.13. The highest BCUT2D eigenvalue weighted by atomic mass is 35.5. The van der Waals surface area contributed by atoms with Gasteiger partial charge in [0.2, 0.25) is 0 Å². The van der Waals surface area contributed by atoms with Crippen LogP contribution in [0, 0.1) is 0 Å². The Kier molecular flexibility index (Phi) is 1.86. The largest absolute Gasteiger partial charge is 0.285 e. The molecule has 0 bridgehead atoms. The summed E-state index contributed by atoms with van der Waals surface area (Å²) in [5, 5.41) is 0. The third kappa shape index (κ3) is 1.52. The fourth-order valence-corrected chi connectivity index (χ4v) is 0.851. The highest BCUT2D eigenvalue weighted by Crippen LogP contribution is 2.10. The van der Waals surface area contributed by atoms with Crippen LogP contribution in [0.5, 0.6) is 0 Å². The zero-order chi connectivity index (χ0) is 6.85. The van der Waals surface area contributed by atoms with E-state index in [1.807, 2.05) is 13.8 Å². The van der Waals surface area contributed by atoms with E-state index in [9.17, 15) is 0 Å². The van der Waals surface area contributed by atoms with Gasteiger partial charge in [0.15, 0.2) is 0 Å². The van der Waals surface area contributed by atoms with Crippen LogP contribution < -0.4 is 0 Å². The van der Waals surface area contributed by atoms with Gasteiger partial charge in [-0.3, -0.25) is 9.98 Å². The summed E-state index contributed by atoms with van der Waals surface area (Å²) >= 11 is 5.76. The van der Waals surface area contributed by atoms with Gasteiger partial charge in [0.05, 0.1) is 11.8 Å². The summed E-state index contributed by atoms with van der Waals surface area (Å²) in [5.41, 5.74) is 0.753. The first-order valence-corrected chi connectivity index (χ1v) is 3.35. The molecule has 0 radical (unpaired) electrons. The Morgan fingerprint density at radius 1 is 1.67 bits per heavy atom. The first kappa shape index (κ1) is 6.75. The Bertz CT molecular complexity index is 162. The van der Waals surface area contributed by atoms with E-state index in [1.165, 1.54) is 0 Å². The monoisotopic (exact) mass is 144 g/mol. The van der Waals surface area contributed by atoms with Crippen molar-refractivity contribution in [2.45, 2.75) is 25.4 Å². The maximum atomic E-state index is 5.76. The van der Waals surface area contributed by atoms with Gasteiger partial charge in [0, 0.05) is 6.21 Å². The van der Waals surface area contributed by atoms with Gasteiger partial charge in [-0.2, -0.15) is 0 Å². The molecule has 9 heavy (non-hydrogen) atoms. The Labute approximate surface area is 59.7 Å². The molecule has 2 unspecified atom stereocenters. The number of hydrogen-bond acceptors (Lipinski definition) is 2. The van der Waals surface area contributed by atoms with Crippen molar-refractivity contribution >= 4 is 23.5 Å². The van der Waals surface area contributed by atoms with Crippen LogP contribution in [0.15, 0.2) is 9.98 Å². The van der Waals surface area contributed by atoms with Crippen molar-refractivity contribution < 1.29 is 0 Å². The Hall–Kier alpha value is -0.370. The SMILES string of the molecule is CC1=NC(Cl)C(C)N=C1. The summed E-state index contributed by atoms with van der Waals surface area (Å²) in [5.74, 6) is 0. The summed E-state index contributed by atoms with van der Waals surface area (Å²) in [4.78, 5) is 8.20. The average molecular weight is 145 g/mol. The molecular weight excluding hydrogens is 136 g/mol. The Balaban J connectivity index is 2.70. The third-order valence-corrected chi connectivity index (χ3v) is 1.68. The maximum absolute atomic E-state index is 5.76. The van der Waals surface area contributed by atoms with Crippen LogP contribution in [-0.2, 0) is 0 Å². The Morgan fingerprint density at radius 3 is 2.78 bits per heavy atom. The molecule has 2 atom stereocenters. The minimum Gasteiger partial charge on any atom is -0.285 e. The van der Waals surface area contributed by atoms with E-state index in [0.717, 1.165) is 5.71 Å². The lowest BCUT2D eigenvalue weighted by Crippen LogP contribution is -2.20. The van der Waals surface area contributed by atoms with E-state index in [4.69, 9.17) is 11.6 Å². The van der Waals surface area contributed by atoms with Crippen LogP contribution in [0.3, 0.4) is 0 Å². The van der Waals surface area contributed by atoms with E-state index in [2.05, 4.69) is 9.98 Å². The molecule has 2 nitrogen and oxygen atoms in total. The van der Waals surface area contributed by atoms with Crippen molar-refractivity contribution in [3.8, 4) is 0 Å². The van der Waals surface area contributed by atoms with Gasteiger partial charge in [0.1, 0.15) is 5.50 Å². The van der Waals surface area contributed by atoms with Crippen LogP contribution in [0.25, 0.3) is 0 Å². The number of halogens is 1. The molecule has 0 amide bonds. The van der Waals surface area contributed by atoms with E-state index < -0.39 is 0 Å². The predicted molar refractivity (Wildman–Crippen MR) is 40.7 cm³/mol. The highest BCUT2D eigenvalue weighted by molar-refractivity contribution is 6.32. The van der Waals surface area contributed by atoms with E-state index >= 15 is 0 Å². The van der Waals surface area contributed by atoms with Gasteiger partial charge in [-0.1, -0.05) is 11.6 Å². The first-order chi connectivity index (χ1) is 4.20. The smallest absolute Gasteiger partial charge is 0.146 e. The topological polar surface area (TPSA) is 24.7 Å². The maximum Gasteiger partial charge on any atom is 0.146 e. The summed E-state index contributed by atoms with van der Waals surface area (Å²) < 4.78 is 0. The molecule has 3 heteroatoms. The van der Waals surface area contributed by atoms with E-state index in [0.29, 0.717) is 0 Å². The normalized spacial score (nSPS) is 34.3. The summed E-state index contributed by atoms with van der Waals surface area (Å²) in [6.07, 6.45) is 1.75. The third-order valence-electron chi connectivity index (χ3n) is 1.22. The second-order valence-corrected chi connectivity index (χ2v) is 2.61. The molecule has 0 aromatic rings. The number of rotatable bonds is 0. The molecule has 0 aromatic heterocycles. The van der Waals surface area contributed by atoms with Crippen molar-refractivity contribution in [1.29, 1.82) is 0 Å². The van der Waals surface area contributed by atoms with Crippen molar-refractivity contribution in [2.75, 3.05) is 0 Å². The van der Waals surface area contributed by atoms with Crippen molar-refractivity contribution in [1.82, 2.24) is 0 Å².